The number of halogens is 3. The van der Waals surface area contributed by atoms with E-state index in [-0.39, 0.29) is 17.6 Å². The lowest BCUT2D eigenvalue weighted by atomic mass is 10.1. The van der Waals surface area contributed by atoms with Crippen molar-refractivity contribution in [3.05, 3.63) is 63.4 Å². The first-order valence-corrected chi connectivity index (χ1v) is 7.28. The molecular weight excluding hydrogens is 312 g/mol. The lowest BCUT2D eigenvalue weighted by Gasteiger charge is -2.16. The molecule has 0 aromatic heterocycles. The Morgan fingerprint density at radius 1 is 1.24 bits per heavy atom. The highest BCUT2D eigenvalue weighted by molar-refractivity contribution is 6.42. The zero-order valence-electron chi connectivity index (χ0n) is 11.8. The number of hydrogen-bond acceptors (Lipinski definition) is 2. The largest absolute Gasteiger partial charge is 0.494 e. The minimum atomic E-state index is -0.371. The molecule has 112 valence electrons. The fraction of sp³-hybridized carbons (Fsp3) is 0.250. The third-order valence-electron chi connectivity index (χ3n) is 3.31. The summed E-state index contributed by atoms with van der Waals surface area (Å²) >= 11 is 12.1. The van der Waals surface area contributed by atoms with Gasteiger partial charge in [0.2, 0.25) is 0 Å². The zero-order chi connectivity index (χ0) is 15.4. The summed E-state index contributed by atoms with van der Waals surface area (Å²) in [6.07, 6.45) is 0. The van der Waals surface area contributed by atoms with E-state index in [9.17, 15) is 4.39 Å². The SMILES string of the molecule is COc1ccc(C(C)NCc2cccc(Cl)c2Cl)cc1F. The molecule has 0 bridgehead atoms. The Balaban J connectivity index is 2.06. The van der Waals surface area contributed by atoms with E-state index in [1.165, 1.54) is 13.2 Å². The molecule has 5 heteroatoms. The van der Waals surface area contributed by atoms with E-state index < -0.39 is 0 Å². The summed E-state index contributed by atoms with van der Waals surface area (Å²) in [5.41, 5.74) is 1.75. The van der Waals surface area contributed by atoms with Gasteiger partial charge in [-0.2, -0.15) is 0 Å². The van der Waals surface area contributed by atoms with E-state index in [2.05, 4.69) is 5.32 Å². The van der Waals surface area contributed by atoms with Gasteiger partial charge in [-0.3, -0.25) is 0 Å². The van der Waals surface area contributed by atoms with Crippen molar-refractivity contribution in [1.29, 1.82) is 0 Å². The predicted molar refractivity (Wildman–Crippen MR) is 84.7 cm³/mol. The maximum Gasteiger partial charge on any atom is 0.165 e. The van der Waals surface area contributed by atoms with Crippen LogP contribution in [0, 0.1) is 5.82 Å². The fourth-order valence-corrected chi connectivity index (χ4v) is 2.40. The van der Waals surface area contributed by atoms with Crippen LogP contribution in [0.15, 0.2) is 36.4 Å². The van der Waals surface area contributed by atoms with Crippen LogP contribution < -0.4 is 10.1 Å². The lowest BCUT2D eigenvalue weighted by Crippen LogP contribution is -2.18. The second kappa shape index (κ2) is 7.12. The topological polar surface area (TPSA) is 21.3 Å². The Kier molecular flexibility index (Phi) is 5.45. The first-order valence-electron chi connectivity index (χ1n) is 6.52. The first-order chi connectivity index (χ1) is 10.0. The van der Waals surface area contributed by atoms with Crippen LogP contribution in [-0.2, 0) is 6.54 Å². The van der Waals surface area contributed by atoms with Gasteiger partial charge in [-0.05, 0) is 36.2 Å². The monoisotopic (exact) mass is 327 g/mol. The molecule has 0 aliphatic carbocycles. The van der Waals surface area contributed by atoms with Crippen LogP contribution in [0.3, 0.4) is 0 Å². The number of benzene rings is 2. The summed E-state index contributed by atoms with van der Waals surface area (Å²) in [4.78, 5) is 0. The van der Waals surface area contributed by atoms with Crippen molar-refractivity contribution >= 4 is 23.2 Å². The van der Waals surface area contributed by atoms with Crippen molar-refractivity contribution in [1.82, 2.24) is 5.32 Å². The van der Waals surface area contributed by atoms with Crippen molar-refractivity contribution < 1.29 is 9.13 Å². The normalized spacial score (nSPS) is 12.2. The summed E-state index contributed by atoms with van der Waals surface area (Å²) in [5, 5.41) is 4.37. The van der Waals surface area contributed by atoms with Crippen molar-refractivity contribution in [2.45, 2.75) is 19.5 Å². The van der Waals surface area contributed by atoms with Crippen molar-refractivity contribution in [3.8, 4) is 5.75 Å². The van der Waals surface area contributed by atoms with Crippen molar-refractivity contribution in [2.75, 3.05) is 7.11 Å². The molecule has 0 fully saturated rings. The Morgan fingerprint density at radius 3 is 2.67 bits per heavy atom. The molecule has 0 aliphatic heterocycles. The molecule has 2 nitrogen and oxygen atoms in total. The van der Waals surface area contributed by atoms with Gasteiger partial charge in [0, 0.05) is 12.6 Å². The zero-order valence-corrected chi connectivity index (χ0v) is 13.3. The van der Waals surface area contributed by atoms with E-state index in [4.69, 9.17) is 27.9 Å². The molecule has 1 atom stereocenters. The minimum Gasteiger partial charge on any atom is -0.494 e. The highest BCUT2D eigenvalue weighted by atomic mass is 35.5. The van der Waals surface area contributed by atoms with Gasteiger partial charge in [-0.1, -0.05) is 41.4 Å². The van der Waals surface area contributed by atoms with Crippen LogP contribution in [0.4, 0.5) is 4.39 Å². The van der Waals surface area contributed by atoms with Gasteiger partial charge in [0.1, 0.15) is 0 Å². The van der Waals surface area contributed by atoms with Crippen LogP contribution >= 0.6 is 23.2 Å². The van der Waals surface area contributed by atoms with Gasteiger partial charge < -0.3 is 10.1 Å². The molecular formula is C16H16Cl2FNO. The summed E-state index contributed by atoms with van der Waals surface area (Å²) in [6.45, 7) is 2.51. The number of hydrogen-bond donors (Lipinski definition) is 1. The number of methoxy groups -OCH3 is 1. The summed E-state index contributed by atoms with van der Waals surface area (Å²) in [5.74, 6) is -0.131. The maximum absolute atomic E-state index is 13.7. The summed E-state index contributed by atoms with van der Waals surface area (Å²) < 4.78 is 18.6. The molecule has 0 spiro atoms. The van der Waals surface area contributed by atoms with Gasteiger partial charge in [-0.15, -0.1) is 0 Å². The molecule has 0 amide bonds. The Bertz CT molecular complexity index is 634. The fourth-order valence-electron chi connectivity index (χ4n) is 2.02. The minimum absolute atomic E-state index is 0.0274. The van der Waals surface area contributed by atoms with Crippen LogP contribution in [-0.4, -0.2) is 7.11 Å². The predicted octanol–water partition coefficient (Wildman–Crippen LogP) is 4.99. The Morgan fingerprint density at radius 2 is 2.00 bits per heavy atom. The number of rotatable bonds is 5. The van der Waals surface area contributed by atoms with E-state index in [0.29, 0.717) is 16.6 Å². The van der Waals surface area contributed by atoms with Gasteiger partial charge in [0.25, 0.3) is 0 Å². The second-order valence-electron chi connectivity index (χ2n) is 4.71. The van der Waals surface area contributed by atoms with Crippen LogP contribution in [0.1, 0.15) is 24.1 Å². The standard InChI is InChI=1S/C16H16Cl2FNO/c1-10(11-6-7-15(21-2)14(19)8-11)20-9-12-4-3-5-13(17)16(12)18/h3-8,10,20H,9H2,1-2H3. The molecule has 21 heavy (non-hydrogen) atoms. The van der Waals surface area contributed by atoms with Gasteiger partial charge in [-0.25, -0.2) is 4.39 Å². The lowest BCUT2D eigenvalue weighted by molar-refractivity contribution is 0.385. The van der Waals surface area contributed by atoms with Crippen molar-refractivity contribution in [3.63, 3.8) is 0 Å². The quantitative estimate of drug-likeness (QED) is 0.835. The highest BCUT2D eigenvalue weighted by Crippen LogP contribution is 2.26. The third kappa shape index (κ3) is 3.88. The van der Waals surface area contributed by atoms with E-state index in [0.717, 1.165) is 11.1 Å². The third-order valence-corrected chi connectivity index (χ3v) is 4.16. The first kappa shape index (κ1) is 16.1. The Hall–Kier alpha value is -1.29. The van der Waals surface area contributed by atoms with Crippen LogP contribution in [0.5, 0.6) is 5.75 Å². The molecule has 2 rings (SSSR count). The molecule has 0 heterocycles. The van der Waals surface area contributed by atoms with E-state index >= 15 is 0 Å². The summed E-state index contributed by atoms with van der Waals surface area (Å²) in [6, 6.07) is 10.4. The van der Waals surface area contributed by atoms with Gasteiger partial charge in [0.05, 0.1) is 17.2 Å². The van der Waals surface area contributed by atoms with Crippen LogP contribution in [0.25, 0.3) is 0 Å². The molecule has 0 saturated carbocycles. The second-order valence-corrected chi connectivity index (χ2v) is 5.49. The molecule has 1 unspecified atom stereocenters. The molecule has 0 saturated heterocycles. The molecule has 2 aromatic rings. The van der Waals surface area contributed by atoms with Crippen molar-refractivity contribution in [2.24, 2.45) is 0 Å². The molecule has 1 N–H and O–H groups in total. The van der Waals surface area contributed by atoms with Gasteiger partial charge >= 0.3 is 0 Å². The van der Waals surface area contributed by atoms with Gasteiger partial charge in [0.15, 0.2) is 11.6 Å². The highest BCUT2D eigenvalue weighted by Gasteiger charge is 2.11. The number of ether oxygens (including phenoxy) is 1. The van der Waals surface area contributed by atoms with E-state index in [1.54, 1.807) is 12.1 Å². The summed E-state index contributed by atoms with van der Waals surface area (Å²) in [7, 11) is 1.45. The number of nitrogens with one attached hydrogen (secondary N) is 1. The van der Waals surface area contributed by atoms with E-state index in [1.807, 2.05) is 25.1 Å². The average molecular weight is 328 g/mol. The molecule has 2 aromatic carbocycles. The smallest absolute Gasteiger partial charge is 0.165 e. The molecule has 0 radical (unpaired) electrons. The van der Waals surface area contributed by atoms with Crippen LogP contribution in [0.2, 0.25) is 10.0 Å². The Labute approximate surface area is 133 Å². The molecule has 0 aliphatic rings. The average Bonchev–Trinajstić information content (AvgIpc) is 2.48. The maximum atomic E-state index is 13.7.